The first-order valence-corrected chi connectivity index (χ1v) is 12.2. The number of halogens is 1. The van der Waals surface area contributed by atoms with E-state index in [-0.39, 0.29) is 23.1 Å². The molecule has 2 rings (SSSR count). The van der Waals surface area contributed by atoms with Crippen LogP contribution < -0.4 is 10.1 Å². The van der Waals surface area contributed by atoms with Gasteiger partial charge in [0, 0.05) is 22.9 Å². The number of amides is 2. The van der Waals surface area contributed by atoms with Gasteiger partial charge in [-0.2, -0.15) is 0 Å². The van der Waals surface area contributed by atoms with Gasteiger partial charge in [0.15, 0.2) is 0 Å². The summed E-state index contributed by atoms with van der Waals surface area (Å²) < 4.78 is 5.23. The molecule has 2 aromatic carbocycles. The third-order valence-corrected chi connectivity index (χ3v) is 6.00. The van der Waals surface area contributed by atoms with Crippen molar-refractivity contribution < 1.29 is 14.3 Å². The maximum atomic E-state index is 13.3. The molecule has 0 unspecified atom stereocenters. The van der Waals surface area contributed by atoms with E-state index in [2.05, 4.69) is 5.32 Å². The van der Waals surface area contributed by atoms with Crippen LogP contribution in [0, 0.1) is 0 Å². The second-order valence-corrected chi connectivity index (χ2v) is 10.1. The minimum Gasteiger partial charge on any atom is -0.497 e. The first-order valence-electron chi connectivity index (χ1n) is 10.7. The first kappa shape index (κ1) is 26.1. The zero-order valence-corrected chi connectivity index (χ0v) is 21.1. The third kappa shape index (κ3) is 8.40. The Morgan fingerprint density at radius 2 is 1.81 bits per heavy atom. The molecule has 7 heteroatoms. The molecule has 0 aromatic heterocycles. The van der Waals surface area contributed by atoms with Crippen molar-refractivity contribution in [2.24, 2.45) is 0 Å². The van der Waals surface area contributed by atoms with Gasteiger partial charge in [-0.15, -0.1) is 11.8 Å². The number of benzene rings is 2. The summed E-state index contributed by atoms with van der Waals surface area (Å²) in [6, 6.07) is 14.7. The summed E-state index contributed by atoms with van der Waals surface area (Å²) in [7, 11) is 1.62. The average molecular weight is 477 g/mol. The fourth-order valence-corrected chi connectivity index (χ4v) is 4.34. The Bertz CT molecular complexity index is 897. The van der Waals surface area contributed by atoms with Crippen LogP contribution in [-0.4, -0.2) is 41.2 Å². The van der Waals surface area contributed by atoms with Gasteiger partial charge in [-0.1, -0.05) is 42.8 Å². The molecule has 0 fully saturated rings. The van der Waals surface area contributed by atoms with Crippen LogP contribution in [0.5, 0.6) is 5.75 Å². The van der Waals surface area contributed by atoms with Gasteiger partial charge in [-0.3, -0.25) is 9.59 Å². The van der Waals surface area contributed by atoms with Gasteiger partial charge in [-0.05, 0) is 62.6 Å². The number of methoxy groups -OCH3 is 1. The fourth-order valence-electron chi connectivity index (χ4n) is 3.27. The van der Waals surface area contributed by atoms with E-state index in [1.807, 2.05) is 76.2 Å². The number of nitrogens with one attached hydrogen (secondary N) is 1. The van der Waals surface area contributed by atoms with E-state index < -0.39 is 6.04 Å². The molecule has 1 atom stereocenters. The Morgan fingerprint density at radius 3 is 2.38 bits per heavy atom. The Morgan fingerprint density at radius 1 is 1.12 bits per heavy atom. The Kier molecular flexibility index (Phi) is 9.91. The molecule has 0 aliphatic rings. The van der Waals surface area contributed by atoms with Crippen molar-refractivity contribution >= 4 is 35.2 Å². The monoisotopic (exact) mass is 476 g/mol. The van der Waals surface area contributed by atoms with Crippen LogP contribution in [-0.2, 0) is 21.9 Å². The Labute approximate surface area is 200 Å². The fraction of sp³-hybridized carbons (Fsp3) is 0.440. The van der Waals surface area contributed by atoms with Crippen molar-refractivity contribution in [2.45, 2.75) is 58.0 Å². The predicted octanol–water partition coefficient (Wildman–Crippen LogP) is 5.30. The largest absolute Gasteiger partial charge is 0.497 e. The molecule has 0 radical (unpaired) electrons. The number of nitrogens with zero attached hydrogens (tertiary/aromatic N) is 1. The maximum Gasteiger partial charge on any atom is 0.243 e. The van der Waals surface area contributed by atoms with Gasteiger partial charge >= 0.3 is 0 Å². The van der Waals surface area contributed by atoms with E-state index in [0.717, 1.165) is 16.9 Å². The van der Waals surface area contributed by atoms with Gasteiger partial charge in [0.1, 0.15) is 11.8 Å². The minimum absolute atomic E-state index is 0.0660. The Balaban J connectivity index is 2.16. The number of carbonyl (C=O) groups excluding carboxylic acids is 2. The lowest BCUT2D eigenvalue weighted by molar-refractivity contribution is -0.140. The Hall–Kier alpha value is -2.18. The molecule has 0 heterocycles. The second kappa shape index (κ2) is 12.2. The normalized spacial score (nSPS) is 12.2. The quantitative estimate of drug-likeness (QED) is 0.505. The lowest BCUT2D eigenvalue weighted by Crippen LogP contribution is -2.53. The van der Waals surface area contributed by atoms with Gasteiger partial charge in [-0.25, -0.2) is 0 Å². The summed E-state index contributed by atoms with van der Waals surface area (Å²) in [6.45, 7) is 8.10. The molecule has 2 amide bonds. The van der Waals surface area contributed by atoms with E-state index in [0.29, 0.717) is 23.7 Å². The highest BCUT2D eigenvalue weighted by Gasteiger charge is 2.30. The standard InChI is InChI=1S/C25H33ClN2O3S/c1-6-22(24(30)27-25(2,3)4)28(15-18-10-12-21(31-5)13-11-18)23(29)17-32-16-19-8-7-9-20(26)14-19/h7-14,22H,6,15-17H2,1-5H3,(H,27,30)/t22-/m1/s1. The van der Waals surface area contributed by atoms with Crippen LogP contribution in [0.25, 0.3) is 0 Å². The summed E-state index contributed by atoms with van der Waals surface area (Å²) in [5.41, 5.74) is 1.64. The summed E-state index contributed by atoms with van der Waals surface area (Å²) in [4.78, 5) is 28.0. The van der Waals surface area contributed by atoms with Crippen molar-refractivity contribution in [3.05, 3.63) is 64.7 Å². The predicted molar refractivity (Wildman–Crippen MR) is 133 cm³/mol. The SMILES string of the molecule is CC[C@H](C(=O)NC(C)(C)C)N(Cc1ccc(OC)cc1)C(=O)CSCc1cccc(Cl)c1. The third-order valence-electron chi connectivity index (χ3n) is 4.78. The molecule has 174 valence electrons. The lowest BCUT2D eigenvalue weighted by Gasteiger charge is -2.33. The number of thioether (sulfide) groups is 1. The molecule has 0 saturated heterocycles. The van der Waals surface area contributed by atoms with E-state index in [1.165, 1.54) is 11.8 Å². The zero-order chi connectivity index (χ0) is 23.7. The highest BCUT2D eigenvalue weighted by atomic mass is 35.5. The minimum atomic E-state index is -0.546. The molecule has 0 spiro atoms. The molecule has 0 aliphatic carbocycles. The van der Waals surface area contributed by atoms with Crippen molar-refractivity contribution in [3.63, 3.8) is 0 Å². The van der Waals surface area contributed by atoms with Crippen molar-refractivity contribution in [1.29, 1.82) is 0 Å². The smallest absolute Gasteiger partial charge is 0.243 e. The number of hydrogen-bond acceptors (Lipinski definition) is 4. The summed E-state index contributed by atoms with van der Waals surface area (Å²) >= 11 is 7.58. The van der Waals surface area contributed by atoms with Crippen LogP contribution in [0.2, 0.25) is 5.02 Å². The number of ether oxygens (including phenoxy) is 1. The van der Waals surface area contributed by atoms with Crippen LogP contribution in [0.1, 0.15) is 45.2 Å². The number of hydrogen-bond donors (Lipinski definition) is 1. The highest BCUT2D eigenvalue weighted by molar-refractivity contribution is 7.99. The summed E-state index contributed by atoms with van der Waals surface area (Å²) in [6.07, 6.45) is 0.531. The van der Waals surface area contributed by atoms with Crippen LogP contribution in [0.15, 0.2) is 48.5 Å². The molecule has 0 aliphatic heterocycles. The summed E-state index contributed by atoms with van der Waals surface area (Å²) in [5.74, 6) is 1.50. The van der Waals surface area contributed by atoms with Crippen LogP contribution >= 0.6 is 23.4 Å². The van der Waals surface area contributed by atoms with Crippen LogP contribution in [0.3, 0.4) is 0 Å². The van der Waals surface area contributed by atoms with Gasteiger partial charge in [0.05, 0.1) is 12.9 Å². The maximum absolute atomic E-state index is 13.3. The van der Waals surface area contributed by atoms with E-state index in [4.69, 9.17) is 16.3 Å². The molecule has 1 N–H and O–H groups in total. The molecule has 2 aromatic rings. The van der Waals surface area contributed by atoms with E-state index in [9.17, 15) is 9.59 Å². The second-order valence-electron chi connectivity index (χ2n) is 8.66. The topological polar surface area (TPSA) is 58.6 Å². The van der Waals surface area contributed by atoms with E-state index in [1.54, 1.807) is 12.0 Å². The van der Waals surface area contributed by atoms with Gasteiger partial charge < -0.3 is 15.0 Å². The number of rotatable bonds is 10. The zero-order valence-electron chi connectivity index (χ0n) is 19.5. The molecular formula is C25H33ClN2O3S. The molecule has 32 heavy (non-hydrogen) atoms. The van der Waals surface area contributed by atoms with Gasteiger partial charge in [0.25, 0.3) is 0 Å². The first-order chi connectivity index (χ1) is 15.1. The average Bonchev–Trinajstić information content (AvgIpc) is 2.72. The summed E-state index contributed by atoms with van der Waals surface area (Å²) in [5, 5.41) is 3.70. The van der Waals surface area contributed by atoms with E-state index >= 15 is 0 Å². The van der Waals surface area contributed by atoms with Crippen LogP contribution in [0.4, 0.5) is 0 Å². The van der Waals surface area contributed by atoms with Crippen molar-refractivity contribution in [3.8, 4) is 5.75 Å². The molecule has 5 nitrogen and oxygen atoms in total. The van der Waals surface area contributed by atoms with Crippen molar-refractivity contribution in [1.82, 2.24) is 10.2 Å². The molecular weight excluding hydrogens is 444 g/mol. The molecule has 0 saturated carbocycles. The number of carbonyl (C=O) groups is 2. The van der Waals surface area contributed by atoms with Gasteiger partial charge in [0.2, 0.25) is 11.8 Å². The highest BCUT2D eigenvalue weighted by Crippen LogP contribution is 2.20. The molecule has 0 bridgehead atoms. The van der Waals surface area contributed by atoms with Crippen molar-refractivity contribution in [2.75, 3.05) is 12.9 Å². The lowest BCUT2D eigenvalue weighted by atomic mass is 10.1.